The molecule has 0 spiro atoms. The fourth-order valence-electron chi connectivity index (χ4n) is 1.32. The van der Waals surface area contributed by atoms with Crippen LogP contribution in [0.5, 0.6) is 11.5 Å². The minimum atomic E-state index is 0.738. The van der Waals surface area contributed by atoms with Crippen LogP contribution in [0, 0.1) is 0 Å². The van der Waals surface area contributed by atoms with Gasteiger partial charge in [0.05, 0.1) is 19.2 Å². The van der Waals surface area contributed by atoms with Crippen LogP contribution in [-0.2, 0) is 6.42 Å². The molecular weight excluding hydrogens is 222 g/mol. The number of nitrogens with zero attached hydrogens (tertiary/aromatic N) is 1. The Morgan fingerprint density at radius 1 is 1.19 bits per heavy atom. The first kappa shape index (κ1) is 12.8. The van der Waals surface area contributed by atoms with Gasteiger partial charge in [0.1, 0.15) is 0 Å². The van der Waals surface area contributed by atoms with Gasteiger partial charge in [-0.25, -0.2) is 0 Å². The van der Waals surface area contributed by atoms with Gasteiger partial charge in [0.25, 0.3) is 0 Å². The van der Waals surface area contributed by atoms with Gasteiger partial charge in [0, 0.05) is 20.5 Å². The third kappa shape index (κ3) is 3.10. The molecule has 4 heteroatoms. The van der Waals surface area contributed by atoms with Gasteiger partial charge < -0.3 is 14.4 Å². The first-order valence-electron chi connectivity index (χ1n) is 4.99. The number of thiocarbonyl (C=S) groups is 1. The fraction of sp³-hybridized carbons (Fsp3) is 0.417. The summed E-state index contributed by atoms with van der Waals surface area (Å²) in [5, 5.41) is 0. The van der Waals surface area contributed by atoms with Crippen LogP contribution in [0.2, 0.25) is 0 Å². The molecule has 1 aromatic carbocycles. The number of hydrogen-bond acceptors (Lipinski definition) is 3. The highest BCUT2D eigenvalue weighted by atomic mass is 32.1. The molecule has 0 aromatic heterocycles. The van der Waals surface area contributed by atoms with E-state index in [2.05, 4.69) is 0 Å². The molecule has 3 nitrogen and oxygen atoms in total. The van der Waals surface area contributed by atoms with Crippen molar-refractivity contribution in [2.75, 3.05) is 28.3 Å². The van der Waals surface area contributed by atoms with Gasteiger partial charge in [0.2, 0.25) is 0 Å². The topological polar surface area (TPSA) is 21.7 Å². The van der Waals surface area contributed by atoms with Gasteiger partial charge in [-0.15, -0.1) is 0 Å². The number of likely N-dealkylation sites (N-methyl/N-ethyl adjacent to an activating group) is 1. The molecule has 0 amide bonds. The van der Waals surface area contributed by atoms with E-state index >= 15 is 0 Å². The SMILES string of the molecule is COc1ccc(CC(=S)N(C)C)cc1OC. The van der Waals surface area contributed by atoms with Crippen molar-refractivity contribution in [1.29, 1.82) is 0 Å². The van der Waals surface area contributed by atoms with E-state index in [1.54, 1.807) is 14.2 Å². The third-order valence-electron chi connectivity index (χ3n) is 2.30. The first-order valence-corrected chi connectivity index (χ1v) is 5.40. The normalized spacial score (nSPS) is 9.75. The van der Waals surface area contributed by atoms with Crippen LogP contribution in [0.15, 0.2) is 18.2 Å². The molecule has 0 N–H and O–H groups in total. The lowest BCUT2D eigenvalue weighted by atomic mass is 10.1. The van der Waals surface area contributed by atoms with Crippen molar-refractivity contribution in [2.45, 2.75) is 6.42 Å². The zero-order chi connectivity index (χ0) is 12.1. The third-order valence-corrected chi connectivity index (χ3v) is 2.81. The maximum absolute atomic E-state index is 5.25. The Balaban J connectivity index is 2.87. The van der Waals surface area contributed by atoms with Gasteiger partial charge in [-0.05, 0) is 17.7 Å². The maximum Gasteiger partial charge on any atom is 0.160 e. The molecule has 0 fully saturated rings. The highest BCUT2D eigenvalue weighted by molar-refractivity contribution is 7.80. The second kappa shape index (κ2) is 5.70. The number of methoxy groups -OCH3 is 2. The Morgan fingerprint density at radius 3 is 2.31 bits per heavy atom. The van der Waals surface area contributed by atoms with Crippen LogP contribution < -0.4 is 9.47 Å². The Kier molecular flexibility index (Phi) is 4.55. The van der Waals surface area contributed by atoms with Gasteiger partial charge >= 0.3 is 0 Å². The minimum Gasteiger partial charge on any atom is -0.493 e. The Hall–Kier alpha value is -1.29. The molecule has 16 heavy (non-hydrogen) atoms. The summed E-state index contributed by atoms with van der Waals surface area (Å²) in [6, 6.07) is 5.85. The van der Waals surface area contributed by atoms with Crippen molar-refractivity contribution in [2.24, 2.45) is 0 Å². The molecule has 0 aliphatic heterocycles. The first-order chi connectivity index (χ1) is 7.58. The van der Waals surface area contributed by atoms with E-state index in [9.17, 15) is 0 Å². The highest BCUT2D eigenvalue weighted by Crippen LogP contribution is 2.27. The van der Waals surface area contributed by atoms with Crippen molar-refractivity contribution in [1.82, 2.24) is 4.90 Å². The molecule has 0 bridgehead atoms. The minimum absolute atomic E-state index is 0.738. The summed E-state index contributed by atoms with van der Waals surface area (Å²) in [5.74, 6) is 1.48. The van der Waals surface area contributed by atoms with Crippen LogP contribution in [0.4, 0.5) is 0 Å². The molecule has 0 saturated carbocycles. The lowest BCUT2D eigenvalue weighted by Gasteiger charge is -2.14. The monoisotopic (exact) mass is 239 g/mol. The van der Waals surface area contributed by atoms with Gasteiger partial charge in [-0.3, -0.25) is 0 Å². The van der Waals surface area contributed by atoms with E-state index < -0.39 is 0 Å². The van der Waals surface area contributed by atoms with E-state index in [0.29, 0.717) is 0 Å². The highest BCUT2D eigenvalue weighted by Gasteiger charge is 2.06. The molecule has 0 aliphatic rings. The molecule has 0 heterocycles. The quantitative estimate of drug-likeness (QED) is 0.750. The van der Waals surface area contributed by atoms with E-state index in [-0.39, 0.29) is 0 Å². The van der Waals surface area contributed by atoms with E-state index in [4.69, 9.17) is 21.7 Å². The zero-order valence-electron chi connectivity index (χ0n) is 10.1. The average Bonchev–Trinajstić information content (AvgIpc) is 2.28. The smallest absolute Gasteiger partial charge is 0.160 e. The lowest BCUT2D eigenvalue weighted by molar-refractivity contribution is 0.354. The number of ether oxygens (including phenoxy) is 2. The van der Waals surface area contributed by atoms with Crippen molar-refractivity contribution < 1.29 is 9.47 Å². The van der Waals surface area contributed by atoms with Crippen molar-refractivity contribution in [3.63, 3.8) is 0 Å². The second-order valence-electron chi connectivity index (χ2n) is 3.65. The summed E-state index contributed by atoms with van der Waals surface area (Å²) in [6.45, 7) is 0. The second-order valence-corrected chi connectivity index (χ2v) is 4.13. The maximum atomic E-state index is 5.25. The number of benzene rings is 1. The van der Waals surface area contributed by atoms with Crippen LogP contribution in [0.1, 0.15) is 5.56 Å². The van der Waals surface area contributed by atoms with Crippen LogP contribution >= 0.6 is 12.2 Å². The van der Waals surface area contributed by atoms with Gasteiger partial charge in [-0.2, -0.15) is 0 Å². The lowest BCUT2D eigenvalue weighted by Crippen LogP contribution is -2.21. The van der Waals surface area contributed by atoms with Crippen molar-refractivity contribution in [3.8, 4) is 11.5 Å². The molecule has 0 radical (unpaired) electrons. The van der Waals surface area contributed by atoms with Gasteiger partial charge in [-0.1, -0.05) is 18.3 Å². The van der Waals surface area contributed by atoms with Crippen molar-refractivity contribution >= 4 is 17.2 Å². The summed E-state index contributed by atoms with van der Waals surface area (Å²) in [5.41, 5.74) is 1.12. The predicted molar refractivity (Wildman–Crippen MR) is 69.5 cm³/mol. The summed E-state index contributed by atoms with van der Waals surface area (Å²) < 4.78 is 10.4. The van der Waals surface area contributed by atoms with Crippen molar-refractivity contribution in [3.05, 3.63) is 23.8 Å². The van der Waals surface area contributed by atoms with E-state index in [0.717, 1.165) is 28.5 Å². The molecule has 0 aliphatic carbocycles. The Morgan fingerprint density at radius 2 is 1.81 bits per heavy atom. The molecule has 0 unspecified atom stereocenters. The van der Waals surface area contributed by atoms with Gasteiger partial charge in [0.15, 0.2) is 11.5 Å². The van der Waals surface area contributed by atoms with Crippen LogP contribution in [0.25, 0.3) is 0 Å². The molecule has 0 atom stereocenters. The summed E-state index contributed by atoms with van der Waals surface area (Å²) >= 11 is 5.25. The van der Waals surface area contributed by atoms with E-state index in [1.165, 1.54) is 0 Å². The molecule has 1 aromatic rings. The largest absolute Gasteiger partial charge is 0.493 e. The Bertz CT molecular complexity index is 377. The van der Waals surface area contributed by atoms with Crippen LogP contribution in [-0.4, -0.2) is 38.2 Å². The fourth-order valence-corrected chi connectivity index (χ4v) is 1.49. The predicted octanol–water partition coefficient (Wildman–Crippen LogP) is 2.14. The standard InChI is InChI=1S/C12H17NO2S/c1-13(2)12(16)8-9-5-6-10(14-3)11(7-9)15-4/h5-7H,8H2,1-4H3. The average molecular weight is 239 g/mol. The zero-order valence-corrected chi connectivity index (χ0v) is 10.9. The molecule has 0 saturated heterocycles. The summed E-state index contributed by atoms with van der Waals surface area (Å²) in [6.07, 6.45) is 0.739. The molecule has 1 rings (SSSR count). The number of hydrogen-bond donors (Lipinski definition) is 0. The van der Waals surface area contributed by atoms with Crippen LogP contribution in [0.3, 0.4) is 0 Å². The molecule has 88 valence electrons. The summed E-state index contributed by atoms with van der Waals surface area (Å²) in [7, 11) is 7.15. The molecular formula is C12H17NO2S. The number of rotatable bonds is 4. The Labute approximate surface area is 102 Å². The van der Waals surface area contributed by atoms with E-state index in [1.807, 2.05) is 37.2 Å². The summed E-state index contributed by atoms with van der Waals surface area (Å²) in [4.78, 5) is 2.83.